The third-order valence-electron chi connectivity index (χ3n) is 3.75. The Bertz CT molecular complexity index is 393. The lowest BCUT2D eigenvalue weighted by molar-refractivity contribution is -0.143. The van der Waals surface area contributed by atoms with E-state index in [9.17, 15) is 9.90 Å². The molecule has 100 valence electrons. The largest absolute Gasteiger partial charge is 0.479 e. The molecule has 0 unspecified atom stereocenters. The van der Waals surface area contributed by atoms with Crippen LogP contribution in [-0.2, 0) is 4.79 Å². The van der Waals surface area contributed by atoms with Crippen LogP contribution in [0.4, 0.5) is 5.69 Å². The summed E-state index contributed by atoms with van der Waals surface area (Å²) in [4.78, 5) is 13.7. The number of likely N-dealkylation sites (N-methyl/N-ethyl adjacent to an activating group) is 1. The number of hydrogen-bond donors (Lipinski definition) is 1. The lowest BCUT2D eigenvalue weighted by Crippen LogP contribution is -2.54. The number of aliphatic carboxylic acids is 1. The molecule has 0 saturated heterocycles. The van der Waals surface area contributed by atoms with Gasteiger partial charge in [0.05, 0.1) is 0 Å². The first-order chi connectivity index (χ1) is 8.51. The summed E-state index contributed by atoms with van der Waals surface area (Å²) < 4.78 is 0. The Morgan fingerprint density at radius 2 is 1.67 bits per heavy atom. The van der Waals surface area contributed by atoms with Crippen LogP contribution in [-0.4, -0.2) is 23.2 Å². The van der Waals surface area contributed by atoms with Gasteiger partial charge in [-0.1, -0.05) is 31.5 Å². The fourth-order valence-electron chi connectivity index (χ4n) is 2.51. The summed E-state index contributed by atoms with van der Waals surface area (Å²) >= 11 is 0. The molecule has 0 atom stereocenters. The second-order valence-corrected chi connectivity index (χ2v) is 4.62. The molecule has 0 aromatic heterocycles. The smallest absolute Gasteiger partial charge is 0.329 e. The molecule has 0 bridgehead atoms. The zero-order valence-electron chi connectivity index (χ0n) is 11.7. The number of nitrogens with zero attached hydrogens (tertiary/aromatic N) is 1. The number of aryl methyl sites for hydroxylation is 1. The van der Waals surface area contributed by atoms with E-state index >= 15 is 0 Å². The molecular weight excluding hydrogens is 226 g/mol. The van der Waals surface area contributed by atoms with Gasteiger partial charge in [-0.3, -0.25) is 0 Å². The van der Waals surface area contributed by atoms with Gasteiger partial charge in [0.15, 0.2) is 0 Å². The Kier molecular flexibility index (Phi) is 4.76. The summed E-state index contributed by atoms with van der Waals surface area (Å²) in [6, 6.07) is 8.05. The molecule has 3 nitrogen and oxygen atoms in total. The highest BCUT2D eigenvalue weighted by Crippen LogP contribution is 2.30. The minimum absolute atomic E-state index is 0.598. The summed E-state index contributed by atoms with van der Waals surface area (Å²) in [5.74, 6) is -0.741. The van der Waals surface area contributed by atoms with Crippen molar-refractivity contribution in [3.8, 4) is 0 Å². The van der Waals surface area contributed by atoms with Gasteiger partial charge in [0, 0.05) is 12.2 Å². The maximum absolute atomic E-state index is 11.7. The van der Waals surface area contributed by atoms with Crippen LogP contribution in [0.5, 0.6) is 0 Å². The van der Waals surface area contributed by atoms with Crippen LogP contribution in [0.3, 0.4) is 0 Å². The SMILES string of the molecule is CCN(c1ccc(C)cc1)C(CC)(CC)C(=O)O. The first kappa shape index (κ1) is 14.6. The predicted octanol–water partition coefficient (Wildman–Crippen LogP) is 3.46. The monoisotopic (exact) mass is 249 g/mol. The minimum Gasteiger partial charge on any atom is -0.479 e. The third-order valence-corrected chi connectivity index (χ3v) is 3.75. The quantitative estimate of drug-likeness (QED) is 0.839. The van der Waals surface area contributed by atoms with Crippen LogP contribution < -0.4 is 4.90 Å². The second-order valence-electron chi connectivity index (χ2n) is 4.62. The fourth-order valence-corrected chi connectivity index (χ4v) is 2.51. The fraction of sp³-hybridized carbons (Fsp3) is 0.533. The van der Waals surface area contributed by atoms with Crippen molar-refractivity contribution in [2.75, 3.05) is 11.4 Å². The summed E-state index contributed by atoms with van der Waals surface area (Å²) in [7, 11) is 0. The molecule has 1 N–H and O–H groups in total. The highest BCUT2D eigenvalue weighted by Gasteiger charge is 2.40. The van der Waals surface area contributed by atoms with E-state index in [0.717, 1.165) is 5.69 Å². The number of benzene rings is 1. The minimum atomic E-state index is -0.802. The highest BCUT2D eigenvalue weighted by molar-refractivity contribution is 5.83. The number of carbonyl (C=O) groups is 1. The average molecular weight is 249 g/mol. The lowest BCUT2D eigenvalue weighted by atomic mass is 9.90. The van der Waals surface area contributed by atoms with Gasteiger partial charge < -0.3 is 10.0 Å². The van der Waals surface area contributed by atoms with Gasteiger partial charge in [0.1, 0.15) is 5.54 Å². The van der Waals surface area contributed by atoms with Gasteiger partial charge in [-0.05, 0) is 38.8 Å². The van der Waals surface area contributed by atoms with Crippen LogP contribution >= 0.6 is 0 Å². The molecule has 1 rings (SSSR count). The number of carboxylic acids is 1. The van der Waals surface area contributed by atoms with Crippen molar-refractivity contribution >= 4 is 11.7 Å². The molecule has 0 aliphatic heterocycles. The molecule has 3 heteroatoms. The summed E-state index contributed by atoms with van der Waals surface area (Å²) in [6.45, 7) is 8.60. The van der Waals surface area contributed by atoms with Crippen molar-refractivity contribution in [1.82, 2.24) is 0 Å². The third kappa shape index (κ3) is 2.50. The highest BCUT2D eigenvalue weighted by atomic mass is 16.4. The molecular formula is C15H23NO2. The first-order valence-corrected chi connectivity index (χ1v) is 6.59. The zero-order chi connectivity index (χ0) is 13.8. The molecule has 0 aliphatic carbocycles. The van der Waals surface area contributed by atoms with Crippen LogP contribution in [0.2, 0.25) is 0 Å². The molecule has 1 aromatic rings. The molecule has 0 saturated carbocycles. The molecule has 0 aliphatic rings. The van der Waals surface area contributed by atoms with E-state index in [0.29, 0.717) is 19.4 Å². The number of carboxylic acid groups (broad SMARTS) is 1. The summed E-state index contributed by atoms with van der Waals surface area (Å²) in [5.41, 5.74) is 1.36. The Morgan fingerprint density at radius 1 is 1.17 bits per heavy atom. The Morgan fingerprint density at radius 3 is 2.00 bits per heavy atom. The number of anilines is 1. The van der Waals surface area contributed by atoms with E-state index < -0.39 is 11.5 Å². The van der Waals surface area contributed by atoms with E-state index in [1.807, 2.05) is 56.9 Å². The maximum atomic E-state index is 11.7. The number of hydrogen-bond acceptors (Lipinski definition) is 2. The summed E-state index contributed by atoms with van der Waals surface area (Å²) in [5, 5.41) is 9.60. The van der Waals surface area contributed by atoms with Crippen LogP contribution in [0.25, 0.3) is 0 Å². The predicted molar refractivity (Wildman–Crippen MR) is 75.1 cm³/mol. The van der Waals surface area contributed by atoms with Crippen molar-refractivity contribution in [1.29, 1.82) is 0 Å². The van der Waals surface area contributed by atoms with Gasteiger partial charge in [-0.25, -0.2) is 4.79 Å². The van der Waals surface area contributed by atoms with Gasteiger partial charge in [-0.2, -0.15) is 0 Å². The molecule has 0 spiro atoms. The van der Waals surface area contributed by atoms with Crippen LogP contribution in [0.1, 0.15) is 39.2 Å². The maximum Gasteiger partial charge on any atom is 0.329 e. The van der Waals surface area contributed by atoms with E-state index in [1.54, 1.807) is 0 Å². The second kappa shape index (κ2) is 5.89. The van der Waals surface area contributed by atoms with Crippen molar-refractivity contribution in [2.45, 2.75) is 46.1 Å². The van der Waals surface area contributed by atoms with Gasteiger partial charge in [0.25, 0.3) is 0 Å². The van der Waals surface area contributed by atoms with Crippen LogP contribution in [0.15, 0.2) is 24.3 Å². The Labute approximate surface area is 109 Å². The van der Waals surface area contributed by atoms with E-state index in [2.05, 4.69) is 0 Å². The molecule has 1 aromatic carbocycles. The molecule has 0 fully saturated rings. The van der Waals surface area contributed by atoms with Crippen molar-refractivity contribution in [2.24, 2.45) is 0 Å². The molecule has 0 amide bonds. The Balaban J connectivity index is 3.21. The normalized spacial score (nSPS) is 11.3. The molecule has 0 radical (unpaired) electrons. The van der Waals surface area contributed by atoms with E-state index in [4.69, 9.17) is 0 Å². The van der Waals surface area contributed by atoms with E-state index in [-0.39, 0.29) is 0 Å². The standard InChI is InChI=1S/C15H23NO2/c1-5-15(6-2,14(17)18)16(7-3)13-10-8-12(4)9-11-13/h8-11H,5-7H2,1-4H3,(H,17,18). The molecule has 18 heavy (non-hydrogen) atoms. The zero-order valence-corrected chi connectivity index (χ0v) is 11.7. The van der Waals surface area contributed by atoms with Crippen molar-refractivity contribution < 1.29 is 9.90 Å². The summed E-state index contributed by atoms with van der Waals surface area (Å²) in [6.07, 6.45) is 1.20. The van der Waals surface area contributed by atoms with Crippen molar-refractivity contribution in [3.05, 3.63) is 29.8 Å². The molecule has 0 heterocycles. The van der Waals surface area contributed by atoms with Gasteiger partial charge >= 0.3 is 5.97 Å². The van der Waals surface area contributed by atoms with Crippen molar-refractivity contribution in [3.63, 3.8) is 0 Å². The van der Waals surface area contributed by atoms with E-state index in [1.165, 1.54) is 5.56 Å². The Hall–Kier alpha value is -1.51. The van der Waals surface area contributed by atoms with Gasteiger partial charge in [-0.15, -0.1) is 0 Å². The average Bonchev–Trinajstić information content (AvgIpc) is 2.37. The topological polar surface area (TPSA) is 40.5 Å². The van der Waals surface area contributed by atoms with Gasteiger partial charge in [0.2, 0.25) is 0 Å². The van der Waals surface area contributed by atoms with Crippen LogP contribution in [0, 0.1) is 6.92 Å². The first-order valence-electron chi connectivity index (χ1n) is 6.59. The number of rotatable bonds is 6. The lowest BCUT2D eigenvalue weighted by Gasteiger charge is -2.40.